The van der Waals surface area contributed by atoms with Crippen molar-refractivity contribution >= 4 is 44.8 Å². The second-order valence-corrected chi connectivity index (χ2v) is 7.94. The molecule has 0 aliphatic carbocycles. The van der Waals surface area contributed by atoms with Crippen molar-refractivity contribution in [3.8, 4) is 11.5 Å². The molecule has 0 spiro atoms. The van der Waals surface area contributed by atoms with Gasteiger partial charge < -0.3 is 9.47 Å². The fraction of sp³-hybridized carbons (Fsp3) is 0.0385. The summed E-state index contributed by atoms with van der Waals surface area (Å²) >= 11 is 3.33. The number of hydrogen-bond donors (Lipinski definition) is 1. The fourth-order valence-electron chi connectivity index (χ4n) is 3.05. The van der Waals surface area contributed by atoms with Crippen LogP contribution in [0.2, 0.25) is 0 Å². The first-order valence-corrected chi connectivity index (χ1v) is 10.9. The predicted molar refractivity (Wildman–Crippen MR) is 131 cm³/mol. The summed E-state index contributed by atoms with van der Waals surface area (Å²) in [6, 6.07) is 27.2. The molecular weight excluding hydrogens is 484 g/mol. The summed E-state index contributed by atoms with van der Waals surface area (Å²) in [5.41, 5.74) is 3.62. The second kappa shape index (κ2) is 10.6. The van der Waals surface area contributed by atoms with Crippen LogP contribution in [0.15, 0.2) is 101 Å². The van der Waals surface area contributed by atoms with Gasteiger partial charge in [-0.3, -0.25) is 4.79 Å². The number of esters is 1. The lowest BCUT2D eigenvalue weighted by atomic mass is 10.1. The Morgan fingerprint density at radius 1 is 0.879 bits per heavy atom. The van der Waals surface area contributed by atoms with Gasteiger partial charge in [-0.1, -0.05) is 52.3 Å². The van der Waals surface area contributed by atoms with Crippen LogP contribution >= 0.6 is 15.9 Å². The van der Waals surface area contributed by atoms with E-state index in [1.165, 1.54) is 6.21 Å². The average Bonchev–Trinajstić information content (AvgIpc) is 2.84. The lowest BCUT2D eigenvalue weighted by Crippen LogP contribution is -2.24. The van der Waals surface area contributed by atoms with Crippen molar-refractivity contribution < 1.29 is 19.1 Å². The third kappa shape index (κ3) is 6.05. The highest BCUT2D eigenvalue weighted by Crippen LogP contribution is 2.25. The summed E-state index contributed by atoms with van der Waals surface area (Å²) < 4.78 is 11.9. The Bertz CT molecular complexity index is 1300. The van der Waals surface area contributed by atoms with Crippen molar-refractivity contribution in [3.63, 3.8) is 0 Å². The number of benzene rings is 4. The maximum absolute atomic E-state index is 12.2. The molecule has 0 bridgehead atoms. The van der Waals surface area contributed by atoms with Crippen molar-refractivity contribution in [1.29, 1.82) is 0 Å². The van der Waals surface area contributed by atoms with Gasteiger partial charge in [-0.05, 0) is 65.5 Å². The van der Waals surface area contributed by atoms with Gasteiger partial charge in [0.1, 0.15) is 11.5 Å². The quantitative estimate of drug-likeness (QED) is 0.160. The van der Waals surface area contributed by atoms with E-state index >= 15 is 0 Å². The number of carbonyl (C=O) groups is 2. The number of carbonyl (C=O) groups excluding carboxylic acids is 2. The normalized spacial score (nSPS) is 10.8. The fourth-order valence-corrected chi connectivity index (χ4v) is 3.31. The minimum atomic E-state index is -0.442. The van der Waals surface area contributed by atoms with Crippen molar-refractivity contribution in [2.24, 2.45) is 5.10 Å². The molecule has 0 heterocycles. The smallest absolute Gasteiger partial charge is 0.343 e. The number of nitrogens with one attached hydrogen (secondary N) is 1. The van der Waals surface area contributed by atoms with E-state index in [1.807, 2.05) is 42.5 Å². The zero-order chi connectivity index (χ0) is 23.0. The van der Waals surface area contributed by atoms with Gasteiger partial charge in [0.05, 0.1) is 11.8 Å². The maximum atomic E-state index is 12.2. The van der Waals surface area contributed by atoms with Crippen LogP contribution in [0.5, 0.6) is 11.5 Å². The zero-order valence-electron chi connectivity index (χ0n) is 17.4. The number of halogens is 1. The van der Waals surface area contributed by atoms with E-state index in [1.54, 1.807) is 48.5 Å². The van der Waals surface area contributed by atoms with Crippen LogP contribution in [0.4, 0.5) is 0 Å². The molecule has 1 N–H and O–H groups in total. The first-order valence-electron chi connectivity index (χ1n) is 10.1. The molecule has 0 saturated carbocycles. The molecule has 164 valence electrons. The van der Waals surface area contributed by atoms with Crippen LogP contribution in [0, 0.1) is 0 Å². The molecule has 0 aliphatic heterocycles. The third-order valence-electron chi connectivity index (χ3n) is 4.68. The first-order chi connectivity index (χ1) is 16.1. The molecule has 0 aromatic heterocycles. The van der Waals surface area contributed by atoms with E-state index in [0.29, 0.717) is 17.1 Å². The Morgan fingerprint density at radius 2 is 1.61 bits per heavy atom. The van der Waals surface area contributed by atoms with Crippen LogP contribution < -0.4 is 14.9 Å². The lowest BCUT2D eigenvalue weighted by Gasteiger charge is -2.08. The molecule has 4 aromatic rings. The van der Waals surface area contributed by atoms with E-state index in [2.05, 4.69) is 26.5 Å². The summed E-state index contributed by atoms with van der Waals surface area (Å²) in [6.45, 7) is -0.156. The van der Waals surface area contributed by atoms with Crippen LogP contribution in [0.25, 0.3) is 10.8 Å². The van der Waals surface area contributed by atoms with Gasteiger partial charge in [0.2, 0.25) is 0 Å². The van der Waals surface area contributed by atoms with E-state index in [9.17, 15) is 9.59 Å². The molecule has 0 aliphatic rings. The Labute approximate surface area is 199 Å². The largest absolute Gasteiger partial charge is 0.483 e. The minimum Gasteiger partial charge on any atom is -0.483 e. The second-order valence-electron chi connectivity index (χ2n) is 7.02. The standard InChI is InChI=1S/C26H19BrN2O4/c27-21-12-10-20(11-13-21)26(31)33-22-14-8-18(9-15-22)16-28-29-25(30)17-32-24-7-3-5-19-4-1-2-6-23(19)24/h1-16H,17H2,(H,29,30)/b28-16+. The summed E-state index contributed by atoms with van der Waals surface area (Å²) in [4.78, 5) is 24.2. The molecule has 0 saturated heterocycles. The summed E-state index contributed by atoms with van der Waals surface area (Å²) in [5, 5.41) is 5.93. The van der Waals surface area contributed by atoms with Crippen LogP contribution in [0.3, 0.4) is 0 Å². The van der Waals surface area contributed by atoms with Gasteiger partial charge in [-0.15, -0.1) is 0 Å². The van der Waals surface area contributed by atoms with Crippen LogP contribution in [-0.2, 0) is 4.79 Å². The molecule has 7 heteroatoms. The Morgan fingerprint density at radius 3 is 2.39 bits per heavy atom. The molecular formula is C26H19BrN2O4. The summed E-state index contributed by atoms with van der Waals surface area (Å²) in [5.74, 6) is 0.231. The number of amides is 1. The van der Waals surface area contributed by atoms with Gasteiger partial charge in [-0.2, -0.15) is 5.10 Å². The van der Waals surface area contributed by atoms with E-state index in [0.717, 1.165) is 20.8 Å². The van der Waals surface area contributed by atoms with Crippen molar-refractivity contribution in [2.75, 3.05) is 6.61 Å². The first kappa shape index (κ1) is 22.2. The Balaban J connectivity index is 1.27. The monoisotopic (exact) mass is 502 g/mol. The van der Waals surface area contributed by atoms with Gasteiger partial charge in [0.25, 0.3) is 5.91 Å². The predicted octanol–water partition coefficient (Wildman–Crippen LogP) is 5.35. The number of ether oxygens (including phenoxy) is 2. The summed E-state index contributed by atoms with van der Waals surface area (Å²) in [7, 11) is 0. The lowest BCUT2D eigenvalue weighted by molar-refractivity contribution is -0.123. The Kier molecular flexibility index (Phi) is 7.12. The highest BCUT2D eigenvalue weighted by atomic mass is 79.9. The van der Waals surface area contributed by atoms with Crippen molar-refractivity contribution in [1.82, 2.24) is 5.43 Å². The SMILES string of the molecule is O=C(COc1cccc2ccccc12)N/N=C/c1ccc(OC(=O)c2ccc(Br)cc2)cc1. The Hall–Kier alpha value is -3.97. The number of hydrazone groups is 1. The van der Waals surface area contributed by atoms with Crippen molar-refractivity contribution in [3.05, 3.63) is 107 Å². The number of nitrogens with zero attached hydrogens (tertiary/aromatic N) is 1. The van der Waals surface area contributed by atoms with E-state index < -0.39 is 5.97 Å². The highest BCUT2D eigenvalue weighted by molar-refractivity contribution is 9.10. The molecule has 33 heavy (non-hydrogen) atoms. The molecule has 4 rings (SSSR count). The topological polar surface area (TPSA) is 77.0 Å². The highest BCUT2D eigenvalue weighted by Gasteiger charge is 2.08. The van der Waals surface area contributed by atoms with Crippen LogP contribution in [-0.4, -0.2) is 24.7 Å². The van der Waals surface area contributed by atoms with Gasteiger partial charge in [0, 0.05) is 9.86 Å². The average molecular weight is 503 g/mol. The molecule has 0 radical (unpaired) electrons. The zero-order valence-corrected chi connectivity index (χ0v) is 19.0. The van der Waals surface area contributed by atoms with E-state index in [4.69, 9.17) is 9.47 Å². The van der Waals surface area contributed by atoms with Crippen LogP contribution in [0.1, 0.15) is 15.9 Å². The molecule has 0 fully saturated rings. The van der Waals surface area contributed by atoms with Gasteiger partial charge in [-0.25, -0.2) is 10.2 Å². The van der Waals surface area contributed by atoms with E-state index in [-0.39, 0.29) is 12.5 Å². The van der Waals surface area contributed by atoms with Gasteiger partial charge >= 0.3 is 5.97 Å². The number of fused-ring (bicyclic) bond motifs is 1. The molecule has 0 unspecified atom stereocenters. The molecule has 4 aromatic carbocycles. The van der Waals surface area contributed by atoms with Gasteiger partial charge in [0.15, 0.2) is 6.61 Å². The van der Waals surface area contributed by atoms with Crippen molar-refractivity contribution in [2.45, 2.75) is 0 Å². The third-order valence-corrected chi connectivity index (χ3v) is 5.21. The maximum Gasteiger partial charge on any atom is 0.343 e. The molecule has 0 atom stereocenters. The minimum absolute atomic E-state index is 0.156. The summed E-state index contributed by atoms with van der Waals surface area (Å²) in [6.07, 6.45) is 1.50. The number of hydrogen-bond acceptors (Lipinski definition) is 5. The molecule has 6 nitrogen and oxygen atoms in total. The molecule has 1 amide bonds. The number of rotatable bonds is 7.